The molecule has 1 rings (SSSR count). The molecule has 0 saturated carbocycles. The van der Waals surface area contributed by atoms with Crippen LogP contribution in [0.25, 0.3) is 0 Å². The quantitative estimate of drug-likeness (QED) is 0.730. The van der Waals surface area contributed by atoms with Crippen molar-refractivity contribution in [1.29, 1.82) is 0 Å². The van der Waals surface area contributed by atoms with Crippen LogP contribution in [0.3, 0.4) is 0 Å². The molecule has 0 saturated heterocycles. The Labute approximate surface area is 95.0 Å². The van der Waals surface area contributed by atoms with Gasteiger partial charge in [0.25, 0.3) is 0 Å². The molecule has 0 radical (unpaired) electrons. The van der Waals surface area contributed by atoms with Crippen LogP contribution in [0.4, 0.5) is 5.82 Å². The number of nitrogens with one attached hydrogen (secondary N) is 1. The van der Waals surface area contributed by atoms with Crippen molar-refractivity contribution in [3.63, 3.8) is 0 Å². The van der Waals surface area contributed by atoms with Crippen molar-refractivity contribution in [2.45, 2.75) is 19.8 Å². The molecule has 0 amide bonds. The van der Waals surface area contributed by atoms with Crippen LogP contribution in [0, 0.1) is 0 Å². The molecule has 0 aliphatic rings. The first kappa shape index (κ1) is 12.2. The fraction of sp³-hybridized carbons (Fsp3) is 0.600. The van der Waals surface area contributed by atoms with E-state index in [0.717, 1.165) is 19.4 Å². The van der Waals surface area contributed by atoms with Crippen molar-refractivity contribution in [1.82, 2.24) is 9.97 Å². The van der Waals surface area contributed by atoms with E-state index in [2.05, 4.69) is 22.2 Å². The molecule has 0 aromatic carbocycles. The van der Waals surface area contributed by atoms with Gasteiger partial charge in [-0.25, -0.2) is 9.97 Å². The molecule has 0 unspecified atom stereocenters. The minimum absolute atomic E-state index is 0.533. The highest BCUT2D eigenvalue weighted by Gasteiger charge is 1.98. The lowest BCUT2D eigenvalue weighted by Gasteiger charge is -2.06. The van der Waals surface area contributed by atoms with Gasteiger partial charge >= 0.3 is 0 Å². The number of anilines is 1. The number of hydrogen-bond acceptors (Lipinski definition) is 4. The number of ether oxygens (including phenoxy) is 1. The highest BCUT2D eigenvalue weighted by atomic mass is 35.5. The summed E-state index contributed by atoms with van der Waals surface area (Å²) in [6.45, 7) is 4.33. The third kappa shape index (κ3) is 4.95. The summed E-state index contributed by atoms with van der Waals surface area (Å²) in [6, 6.07) is 0. The molecular formula is C10H16ClN3O. The fourth-order valence-corrected chi connectivity index (χ4v) is 1.20. The Kier molecular flexibility index (Phi) is 6.04. The van der Waals surface area contributed by atoms with Gasteiger partial charge in [0.05, 0.1) is 12.8 Å². The smallest absolute Gasteiger partial charge is 0.148 e. The van der Waals surface area contributed by atoms with E-state index < -0.39 is 0 Å². The number of aromatic nitrogens is 2. The molecule has 15 heavy (non-hydrogen) atoms. The largest absolute Gasteiger partial charge is 0.380 e. The summed E-state index contributed by atoms with van der Waals surface area (Å²) in [5.41, 5.74) is 0. The average molecular weight is 230 g/mol. The Morgan fingerprint density at radius 2 is 2.33 bits per heavy atom. The minimum atomic E-state index is 0.533. The van der Waals surface area contributed by atoms with Gasteiger partial charge in [-0.3, -0.25) is 0 Å². The van der Waals surface area contributed by atoms with E-state index in [-0.39, 0.29) is 0 Å². The summed E-state index contributed by atoms with van der Waals surface area (Å²) in [7, 11) is 0. The van der Waals surface area contributed by atoms with Crippen molar-refractivity contribution in [2.24, 2.45) is 0 Å². The number of halogens is 1. The summed E-state index contributed by atoms with van der Waals surface area (Å²) in [4.78, 5) is 7.80. The molecule has 0 aliphatic heterocycles. The lowest BCUT2D eigenvalue weighted by Crippen LogP contribution is -2.11. The number of unbranched alkanes of at least 4 members (excludes halogenated alkanes) is 1. The maximum Gasteiger partial charge on any atom is 0.148 e. The average Bonchev–Trinajstić information content (AvgIpc) is 2.25. The molecular weight excluding hydrogens is 214 g/mol. The maximum atomic E-state index is 5.86. The molecule has 1 heterocycles. The number of hydrogen-bond donors (Lipinski definition) is 1. The molecule has 0 bridgehead atoms. The summed E-state index contributed by atoms with van der Waals surface area (Å²) < 4.78 is 5.39. The first-order valence-electron chi connectivity index (χ1n) is 5.11. The van der Waals surface area contributed by atoms with Crippen molar-refractivity contribution in [2.75, 3.05) is 25.1 Å². The van der Waals surface area contributed by atoms with E-state index in [1.54, 1.807) is 6.20 Å². The summed E-state index contributed by atoms with van der Waals surface area (Å²) in [5.74, 6) is 0.658. The monoisotopic (exact) mass is 229 g/mol. The molecule has 5 heteroatoms. The van der Waals surface area contributed by atoms with Gasteiger partial charge in [-0.05, 0) is 6.42 Å². The lowest BCUT2D eigenvalue weighted by atomic mass is 10.4. The van der Waals surface area contributed by atoms with Crippen molar-refractivity contribution < 1.29 is 4.74 Å². The molecule has 0 atom stereocenters. The van der Waals surface area contributed by atoms with Crippen LogP contribution >= 0.6 is 11.6 Å². The second-order valence-corrected chi connectivity index (χ2v) is 3.52. The van der Waals surface area contributed by atoms with Gasteiger partial charge in [0.2, 0.25) is 0 Å². The minimum Gasteiger partial charge on any atom is -0.380 e. The molecule has 0 fully saturated rings. The first-order valence-corrected chi connectivity index (χ1v) is 5.49. The highest BCUT2D eigenvalue weighted by molar-refractivity contribution is 6.32. The second kappa shape index (κ2) is 7.43. The van der Waals surface area contributed by atoms with Crippen LogP contribution < -0.4 is 5.32 Å². The maximum absolute atomic E-state index is 5.86. The molecule has 0 aliphatic carbocycles. The standard InChI is InChI=1S/C10H16ClN3O/c1-2-3-5-15-6-4-13-10-9(11)7-12-8-14-10/h7-8H,2-6H2,1H3,(H,12,13,14). The van der Waals surface area contributed by atoms with E-state index in [0.29, 0.717) is 24.0 Å². The molecule has 84 valence electrons. The van der Waals surface area contributed by atoms with Crippen molar-refractivity contribution in [3.8, 4) is 0 Å². The molecule has 1 aromatic rings. The van der Waals surface area contributed by atoms with E-state index in [1.807, 2.05) is 0 Å². The van der Waals surface area contributed by atoms with Crippen molar-refractivity contribution in [3.05, 3.63) is 17.5 Å². The second-order valence-electron chi connectivity index (χ2n) is 3.11. The predicted octanol–water partition coefficient (Wildman–Crippen LogP) is 2.36. The van der Waals surface area contributed by atoms with Gasteiger partial charge in [-0.1, -0.05) is 24.9 Å². The Morgan fingerprint density at radius 3 is 3.07 bits per heavy atom. The fourth-order valence-electron chi connectivity index (χ4n) is 1.03. The van der Waals surface area contributed by atoms with Gasteiger partial charge in [0, 0.05) is 13.2 Å². The van der Waals surface area contributed by atoms with Crippen LogP contribution in [0.1, 0.15) is 19.8 Å². The molecule has 4 nitrogen and oxygen atoms in total. The van der Waals surface area contributed by atoms with Gasteiger partial charge in [-0.2, -0.15) is 0 Å². The molecule has 0 spiro atoms. The van der Waals surface area contributed by atoms with E-state index in [9.17, 15) is 0 Å². The first-order chi connectivity index (χ1) is 7.34. The molecule has 1 aromatic heterocycles. The van der Waals surface area contributed by atoms with Crippen LogP contribution in [-0.2, 0) is 4.74 Å². The SMILES string of the molecule is CCCCOCCNc1ncncc1Cl. The summed E-state index contributed by atoms with van der Waals surface area (Å²) >= 11 is 5.86. The van der Waals surface area contributed by atoms with Crippen molar-refractivity contribution >= 4 is 17.4 Å². The topological polar surface area (TPSA) is 47.0 Å². The number of rotatable bonds is 7. The Balaban J connectivity index is 2.12. The van der Waals surface area contributed by atoms with E-state index >= 15 is 0 Å². The Hall–Kier alpha value is -0.870. The van der Waals surface area contributed by atoms with Gasteiger partial charge in [0.1, 0.15) is 17.2 Å². The van der Waals surface area contributed by atoms with Gasteiger partial charge in [0.15, 0.2) is 0 Å². The van der Waals surface area contributed by atoms with Crippen LogP contribution in [-0.4, -0.2) is 29.7 Å². The van der Waals surface area contributed by atoms with Crippen LogP contribution in [0.15, 0.2) is 12.5 Å². The van der Waals surface area contributed by atoms with Crippen LogP contribution in [0.5, 0.6) is 0 Å². The van der Waals surface area contributed by atoms with E-state index in [4.69, 9.17) is 16.3 Å². The third-order valence-corrected chi connectivity index (χ3v) is 2.13. The van der Waals surface area contributed by atoms with Gasteiger partial charge in [-0.15, -0.1) is 0 Å². The zero-order valence-electron chi connectivity index (χ0n) is 8.87. The lowest BCUT2D eigenvalue weighted by molar-refractivity contribution is 0.141. The predicted molar refractivity (Wildman–Crippen MR) is 61.3 cm³/mol. The molecule has 1 N–H and O–H groups in total. The van der Waals surface area contributed by atoms with Gasteiger partial charge < -0.3 is 10.1 Å². The highest BCUT2D eigenvalue weighted by Crippen LogP contribution is 2.15. The Bertz CT molecular complexity index is 283. The summed E-state index contributed by atoms with van der Waals surface area (Å²) in [6.07, 6.45) is 5.29. The summed E-state index contributed by atoms with van der Waals surface area (Å²) in [5, 5.41) is 3.62. The zero-order valence-corrected chi connectivity index (χ0v) is 9.63. The normalized spacial score (nSPS) is 10.3. The zero-order chi connectivity index (χ0) is 10.9. The third-order valence-electron chi connectivity index (χ3n) is 1.85. The van der Waals surface area contributed by atoms with Crippen LogP contribution in [0.2, 0.25) is 5.02 Å². The van der Waals surface area contributed by atoms with E-state index in [1.165, 1.54) is 6.33 Å². The number of nitrogens with zero attached hydrogens (tertiary/aromatic N) is 2. The Morgan fingerprint density at radius 1 is 1.47 bits per heavy atom.